The number of rotatable bonds is 5. The van der Waals surface area contributed by atoms with Crippen molar-refractivity contribution >= 4 is 23.2 Å². The number of fused-ring (bicyclic) bond motifs is 1. The zero-order chi connectivity index (χ0) is 20.2. The van der Waals surface area contributed by atoms with E-state index in [0.29, 0.717) is 24.2 Å². The molecule has 3 aromatic rings. The summed E-state index contributed by atoms with van der Waals surface area (Å²) in [7, 11) is 0. The minimum atomic E-state index is -0.271. The minimum absolute atomic E-state index is 0.0392. The molecule has 7 heteroatoms. The number of carbonyl (C=O) groups excluding carboxylic acids is 2. The quantitative estimate of drug-likeness (QED) is 0.625. The lowest BCUT2D eigenvalue weighted by molar-refractivity contribution is -0.121. The zero-order valence-corrected chi connectivity index (χ0v) is 15.6. The van der Waals surface area contributed by atoms with Gasteiger partial charge in [-0.3, -0.25) is 14.4 Å². The predicted octanol–water partition coefficient (Wildman–Crippen LogP) is 2.97. The monoisotopic (exact) mass is 388 g/mol. The van der Waals surface area contributed by atoms with Gasteiger partial charge in [-0.05, 0) is 42.7 Å². The number of hydrogen-bond acceptors (Lipinski definition) is 4. The highest BCUT2D eigenvalue weighted by atomic mass is 16.2. The van der Waals surface area contributed by atoms with E-state index in [1.807, 2.05) is 36.4 Å². The Morgan fingerprint density at radius 3 is 2.76 bits per heavy atom. The fourth-order valence-electron chi connectivity index (χ4n) is 3.44. The highest BCUT2D eigenvalue weighted by Gasteiger charge is 2.26. The summed E-state index contributed by atoms with van der Waals surface area (Å²) in [4.78, 5) is 35.8. The van der Waals surface area contributed by atoms with Gasteiger partial charge in [0.2, 0.25) is 11.8 Å². The number of aromatic amines is 1. The zero-order valence-electron chi connectivity index (χ0n) is 15.6. The van der Waals surface area contributed by atoms with Crippen molar-refractivity contribution in [2.45, 2.75) is 19.3 Å². The summed E-state index contributed by atoms with van der Waals surface area (Å²) in [6.07, 6.45) is 1.37. The summed E-state index contributed by atoms with van der Waals surface area (Å²) in [5, 5.41) is 12.2. The van der Waals surface area contributed by atoms with Crippen LogP contribution in [-0.2, 0) is 16.0 Å². The van der Waals surface area contributed by atoms with Crippen molar-refractivity contribution in [2.24, 2.45) is 5.92 Å². The van der Waals surface area contributed by atoms with Crippen LogP contribution in [0.15, 0.2) is 65.5 Å². The van der Waals surface area contributed by atoms with Gasteiger partial charge in [0.1, 0.15) is 0 Å². The van der Waals surface area contributed by atoms with E-state index >= 15 is 0 Å². The second-order valence-corrected chi connectivity index (χ2v) is 7.02. The van der Waals surface area contributed by atoms with Gasteiger partial charge < -0.3 is 10.6 Å². The average Bonchev–Trinajstić information content (AvgIpc) is 2.73. The largest absolute Gasteiger partial charge is 0.326 e. The molecule has 7 nitrogen and oxygen atoms in total. The van der Waals surface area contributed by atoms with Gasteiger partial charge in [0.25, 0.3) is 5.56 Å². The first kappa shape index (κ1) is 18.6. The van der Waals surface area contributed by atoms with E-state index < -0.39 is 0 Å². The molecule has 0 saturated heterocycles. The first-order valence-corrected chi connectivity index (χ1v) is 9.43. The molecule has 2 aromatic carbocycles. The Hall–Kier alpha value is -3.74. The molecular formula is C22H20N4O3. The van der Waals surface area contributed by atoms with Crippen molar-refractivity contribution in [2.75, 3.05) is 10.6 Å². The van der Waals surface area contributed by atoms with Crippen molar-refractivity contribution in [3.8, 4) is 11.3 Å². The van der Waals surface area contributed by atoms with Crippen LogP contribution < -0.4 is 16.2 Å². The lowest BCUT2D eigenvalue weighted by atomic mass is 9.89. The first-order chi connectivity index (χ1) is 14.1. The van der Waals surface area contributed by atoms with Gasteiger partial charge in [-0.25, -0.2) is 5.10 Å². The molecule has 0 aliphatic carbocycles. The molecule has 146 valence electrons. The SMILES string of the molecule is O=C(CCC1Cc2ccccc2NC1=O)Nc1cccc(-c2ccc(=O)[nH]n2)c1. The maximum absolute atomic E-state index is 12.4. The van der Waals surface area contributed by atoms with Gasteiger partial charge in [0.15, 0.2) is 0 Å². The number of aromatic nitrogens is 2. The van der Waals surface area contributed by atoms with Gasteiger partial charge in [0.05, 0.1) is 5.69 Å². The van der Waals surface area contributed by atoms with Crippen molar-refractivity contribution < 1.29 is 9.59 Å². The van der Waals surface area contributed by atoms with Gasteiger partial charge in [0, 0.05) is 35.3 Å². The number of hydrogen-bond donors (Lipinski definition) is 3. The Balaban J connectivity index is 1.37. The molecule has 2 amide bonds. The number of carbonyl (C=O) groups is 2. The highest BCUT2D eigenvalue weighted by Crippen LogP contribution is 2.27. The molecule has 1 unspecified atom stereocenters. The second-order valence-electron chi connectivity index (χ2n) is 7.02. The number of nitrogens with zero attached hydrogens (tertiary/aromatic N) is 1. The second kappa shape index (κ2) is 8.10. The van der Waals surface area contributed by atoms with Crippen LogP contribution >= 0.6 is 0 Å². The Kier molecular flexibility index (Phi) is 5.20. The van der Waals surface area contributed by atoms with E-state index in [0.717, 1.165) is 16.8 Å². The fourth-order valence-corrected chi connectivity index (χ4v) is 3.44. The summed E-state index contributed by atoms with van der Waals surface area (Å²) in [6, 6.07) is 18.0. The first-order valence-electron chi connectivity index (χ1n) is 9.43. The molecule has 3 N–H and O–H groups in total. The molecule has 0 bridgehead atoms. The normalized spacial score (nSPS) is 15.3. The molecule has 1 aromatic heterocycles. The topological polar surface area (TPSA) is 104 Å². The molecule has 1 aliphatic rings. The van der Waals surface area contributed by atoms with Crippen LogP contribution in [0, 0.1) is 5.92 Å². The van der Waals surface area contributed by atoms with Crippen LogP contribution in [0.2, 0.25) is 0 Å². The molecule has 29 heavy (non-hydrogen) atoms. The van der Waals surface area contributed by atoms with Gasteiger partial charge in [-0.1, -0.05) is 30.3 Å². The lowest BCUT2D eigenvalue weighted by Gasteiger charge is -2.24. The summed E-state index contributed by atoms with van der Waals surface area (Å²) in [5.74, 6) is -0.404. The summed E-state index contributed by atoms with van der Waals surface area (Å²) >= 11 is 0. The summed E-state index contributed by atoms with van der Waals surface area (Å²) in [5.41, 5.74) is 3.71. The van der Waals surface area contributed by atoms with E-state index in [2.05, 4.69) is 20.8 Å². The third-order valence-electron chi connectivity index (χ3n) is 4.95. The Morgan fingerprint density at radius 2 is 1.93 bits per heavy atom. The van der Waals surface area contributed by atoms with E-state index in [4.69, 9.17) is 0 Å². The molecule has 1 atom stereocenters. The molecule has 2 heterocycles. The van der Waals surface area contributed by atoms with Crippen LogP contribution in [0.5, 0.6) is 0 Å². The molecule has 0 saturated carbocycles. The molecule has 0 radical (unpaired) electrons. The molecule has 4 rings (SSSR count). The number of benzene rings is 2. The smallest absolute Gasteiger partial charge is 0.264 e. The van der Waals surface area contributed by atoms with Crippen molar-refractivity contribution in [3.05, 3.63) is 76.6 Å². The van der Waals surface area contributed by atoms with Crippen LogP contribution in [0.4, 0.5) is 11.4 Å². The van der Waals surface area contributed by atoms with E-state index in [9.17, 15) is 14.4 Å². The third kappa shape index (κ3) is 4.40. The summed E-state index contributed by atoms with van der Waals surface area (Å²) < 4.78 is 0. The van der Waals surface area contributed by atoms with Crippen LogP contribution in [0.3, 0.4) is 0 Å². The van der Waals surface area contributed by atoms with Crippen molar-refractivity contribution in [3.63, 3.8) is 0 Å². The number of H-pyrrole nitrogens is 1. The van der Waals surface area contributed by atoms with Crippen LogP contribution in [0.1, 0.15) is 18.4 Å². The predicted molar refractivity (Wildman–Crippen MR) is 110 cm³/mol. The van der Waals surface area contributed by atoms with Crippen molar-refractivity contribution in [1.29, 1.82) is 0 Å². The highest BCUT2D eigenvalue weighted by molar-refractivity contribution is 5.96. The standard InChI is InChI=1S/C22H20N4O3/c27-20(10-8-16-12-14-4-1-2-7-18(14)24-22(16)29)23-17-6-3-5-15(13-17)19-9-11-21(28)26-25-19/h1-7,9,11,13,16H,8,10,12H2,(H,23,27)(H,24,29)(H,26,28). The van der Waals surface area contributed by atoms with Crippen LogP contribution in [-0.4, -0.2) is 22.0 Å². The lowest BCUT2D eigenvalue weighted by Crippen LogP contribution is -2.30. The molecule has 0 spiro atoms. The maximum Gasteiger partial charge on any atom is 0.264 e. The van der Waals surface area contributed by atoms with Gasteiger partial charge in [-0.2, -0.15) is 5.10 Å². The van der Waals surface area contributed by atoms with Crippen LogP contribution in [0.25, 0.3) is 11.3 Å². The Labute approximate surface area is 167 Å². The molecule has 0 fully saturated rings. The van der Waals surface area contributed by atoms with E-state index in [1.54, 1.807) is 18.2 Å². The number of para-hydroxylation sites is 1. The third-order valence-corrected chi connectivity index (χ3v) is 4.95. The fraction of sp³-hybridized carbons (Fsp3) is 0.182. The minimum Gasteiger partial charge on any atom is -0.326 e. The number of anilines is 2. The Bertz CT molecular complexity index is 1100. The molecule has 1 aliphatic heterocycles. The molecular weight excluding hydrogens is 368 g/mol. The van der Waals surface area contributed by atoms with E-state index in [-0.39, 0.29) is 29.7 Å². The maximum atomic E-state index is 12.4. The number of nitrogens with one attached hydrogen (secondary N) is 3. The summed E-state index contributed by atoms with van der Waals surface area (Å²) in [6.45, 7) is 0. The average molecular weight is 388 g/mol. The van der Waals surface area contributed by atoms with Gasteiger partial charge in [-0.15, -0.1) is 0 Å². The van der Waals surface area contributed by atoms with Crippen molar-refractivity contribution in [1.82, 2.24) is 10.2 Å². The number of amides is 2. The van der Waals surface area contributed by atoms with E-state index in [1.165, 1.54) is 6.07 Å². The van der Waals surface area contributed by atoms with Gasteiger partial charge >= 0.3 is 0 Å². The Morgan fingerprint density at radius 1 is 1.07 bits per heavy atom.